The third-order valence-corrected chi connectivity index (χ3v) is 1.93. The fraction of sp³-hybridized carbons (Fsp3) is 0.714. The molecule has 0 radical (unpaired) electrons. The van der Waals surface area contributed by atoms with Gasteiger partial charge in [-0.3, -0.25) is 10.1 Å². The maximum Gasteiger partial charge on any atom is 0.274 e. The monoisotopic (exact) mass is 171 g/mol. The lowest BCUT2D eigenvalue weighted by Gasteiger charge is -2.17. The molecule has 0 atom stereocenters. The quantitative estimate of drug-likeness (QED) is 0.492. The van der Waals surface area contributed by atoms with Crippen LogP contribution in [0.25, 0.3) is 0 Å². The highest BCUT2D eigenvalue weighted by Gasteiger charge is 2.15. The topological polar surface area (TPSA) is 58.4 Å². The van der Waals surface area contributed by atoms with Crippen molar-refractivity contribution in [2.75, 3.05) is 20.1 Å². The summed E-state index contributed by atoms with van der Waals surface area (Å²) in [5.74, 6) is 0.609. The van der Waals surface area contributed by atoms with Crippen molar-refractivity contribution in [2.45, 2.75) is 12.8 Å². The molecule has 0 aliphatic carbocycles. The zero-order chi connectivity index (χ0) is 8.97. The van der Waals surface area contributed by atoms with Crippen molar-refractivity contribution in [1.29, 1.82) is 0 Å². The van der Waals surface area contributed by atoms with Crippen molar-refractivity contribution >= 4 is 0 Å². The Morgan fingerprint density at radius 3 is 2.58 bits per heavy atom. The Kier molecular flexibility index (Phi) is 2.90. The van der Waals surface area contributed by atoms with Gasteiger partial charge >= 0.3 is 0 Å². The third kappa shape index (κ3) is 2.11. The van der Waals surface area contributed by atoms with Crippen LogP contribution >= 0.6 is 0 Å². The summed E-state index contributed by atoms with van der Waals surface area (Å²) in [5.41, 5.74) is 0. The first-order valence-corrected chi connectivity index (χ1v) is 4.02. The number of hydrogen-bond acceptors (Lipinski definition) is 4. The molecule has 1 N–H and O–H groups in total. The van der Waals surface area contributed by atoms with Gasteiger partial charge in [0, 0.05) is 20.1 Å². The molecule has 0 aromatic carbocycles. The van der Waals surface area contributed by atoms with Gasteiger partial charge in [0.05, 0.1) is 4.92 Å². The maximum atomic E-state index is 10.2. The van der Waals surface area contributed by atoms with Crippen LogP contribution < -0.4 is 5.32 Å². The minimum atomic E-state index is -0.426. The summed E-state index contributed by atoms with van der Waals surface area (Å²) in [4.78, 5) is 11.8. The van der Waals surface area contributed by atoms with E-state index in [-0.39, 0.29) is 0 Å². The molecule has 0 saturated carbocycles. The molecule has 0 amide bonds. The highest BCUT2D eigenvalue weighted by atomic mass is 16.6. The second kappa shape index (κ2) is 3.94. The molecule has 0 bridgehead atoms. The molecule has 0 aromatic heterocycles. The van der Waals surface area contributed by atoms with Crippen LogP contribution in [0.5, 0.6) is 0 Å². The van der Waals surface area contributed by atoms with E-state index in [0.29, 0.717) is 5.82 Å². The summed E-state index contributed by atoms with van der Waals surface area (Å²) in [6.45, 7) is 1.83. The summed E-state index contributed by atoms with van der Waals surface area (Å²) in [6, 6.07) is 0. The zero-order valence-electron chi connectivity index (χ0n) is 7.12. The first kappa shape index (κ1) is 8.83. The average molecular weight is 171 g/mol. The van der Waals surface area contributed by atoms with Crippen LogP contribution in [0.1, 0.15) is 12.8 Å². The SMILES string of the molecule is CN/C(=C/[N+](=O)[O-])N1CCCC1. The van der Waals surface area contributed by atoms with E-state index in [4.69, 9.17) is 0 Å². The van der Waals surface area contributed by atoms with E-state index in [1.54, 1.807) is 7.05 Å². The summed E-state index contributed by atoms with van der Waals surface area (Å²) in [5, 5.41) is 13.0. The van der Waals surface area contributed by atoms with Crippen molar-refractivity contribution in [1.82, 2.24) is 10.2 Å². The number of nitrogens with zero attached hydrogens (tertiary/aromatic N) is 2. The first-order valence-electron chi connectivity index (χ1n) is 4.02. The van der Waals surface area contributed by atoms with Crippen LogP contribution in [-0.2, 0) is 0 Å². The normalized spacial score (nSPS) is 18.1. The van der Waals surface area contributed by atoms with E-state index in [2.05, 4.69) is 5.32 Å². The van der Waals surface area contributed by atoms with E-state index >= 15 is 0 Å². The molecule has 0 spiro atoms. The molecule has 5 heteroatoms. The first-order chi connectivity index (χ1) is 5.74. The Morgan fingerprint density at radius 2 is 2.17 bits per heavy atom. The van der Waals surface area contributed by atoms with Gasteiger partial charge in [-0.05, 0) is 12.8 Å². The molecule has 5 nitrogen and oxygen atoms in total. The fourth-order valence-electron chi connectivity index (χ4n) is 1.36. The third-order valence-electron chi connectivity index (χ3n) is 1.93. The number of nitrogens with one attached hydrogen (secondary N) is 1. The highest BCUT2D eigenvalue weighted by Crippen LogP contribution is 2.11. The molecular weight excluding hydrogens is 158 g/mol. The van der Waals surface area contributed by atoms with Gasteiger partial charge in [-0.15, -0.1) is 0 Å². The average Bonchev–Trinajstić information content (AvgIpc) is 2.51. The van der Waals surface area contributed by atoms with Gasteiger partial charge in [0.25, 0.3) is 6.20 Å². The molecule has 1 heterocycles. The molecule has 1 aliphatic heterocycles. The number of hydrogen-bond donors (Lipinski definition) is 1. The molecule has 12 heavy (non-hydrogen) atoms. The predicted octanol–water partition coefficient (Wildman–Crippen LogP) is 0.377. The van der Waals surface area contributed by atoms with Crippen molar-refractivity contribution in [2.24, 2.45) is 0 Å². The van der Waals surface area contributed by atoms with Gasteiger partial charge in [-0.2, -0.15) is 0 Å². The largest absolute Gasteiger partial charge is 0.370 e. The van der Waals surface area contributed by atoms with Crippen molar-refractivity contribution in [3.8, 4) is 0 Å². The van der Waals surface area contributed by atoms with Crippen LogP contribution in [0, 0.1) is 10.1 Å². The summed E-state index contributed by atoms with van der Waals surface area (Å²) in [6.07, 6.45) is 3.26. The Hall–Kier alpha value is -1.26. The van der Waals surface area contributed by atoms with Crippen LogP contribution in [0.2, 0.25) is 0 Å². The molecule has 0 unspecified atom stereocenters. The second-order valence-corrected chi connectivity index (χ2v) is 2.74. The van der Waals surface area contributed by atoms with E-state index in [1.807, 2.05) is 4.90 Å². The van der Waals surface area contributed by atoms with E-state index in [9.17, 15) is 10.1 Å². The predicted molar refractivity (Wildman–Crippen MR) is 44.9 cm³/mol. The van der Waals surface area contributed by atoms with E-state index < -0.39 is 4.92 Å². The Balaban J connectivity index is 2.60. The van der Waals surface area contributed by atoms with Crippen LogP contribution in [0.4, 0.5) is 0 Å². The van der Waals surface area contributed by atoms with Crippen LogP contribution in [-0.4, -0.2) is 30.0 Å². The Bertz CT molecular complexity index is 197. The Labute approximate surface area is 71.2 Å². The van der Waals surface area contributed by atoms with Crippen molar-refractivity contribution < 1.29 is 4.92 Å². The minimum Gasteiger partial charge on any atom is -0.370 e. The molecular formula is C7H13N3O2. The lowest BCUT2D eigenvalue weighted by Crippen LogP contribution is -2.27. The highest BCUT2D eigenvalue weighted by molar-refractivity contribution is 4.95. The lowest BCUT2D eigenvalue weighted by molar-refractivity contribution is -0.404. The van der Waals surface area contributed by atoms with E-state index in [0.717, 1.165) is 32.1 Å². The van der Waals surface area contributed by atoms with E-state index in [1.165, 1.54) is 0 Å². The van der Waals surface area contributed by atoms with Gasteiger partial charge in [-0.1, -0.05) is 0 Å². The van der Waals surface area contributed by atoms with Crippen LogP contribution in [0.3, 0.4) is 0 Å². The summed E-state index contributed by atoms with van der Waals surface area (Å²) in [7, 11) is 1.70. The van der Waals surface area contributed by atoms with Crippen LogP contribution in [0.15, 0.2) is 12.0 Å². The molecule has 1 aliphatic rings. The van der Waals surface area contributed by atoms with Gasteiger partial charge < -0.3 is 10.2 Å². The molecule has 0 aromatic rings. The summed E-state index contributed by atoms with van der Waals surface area (Å²) >= 11 is 0. The standard InChI is InChI=1S/C7H13N3O2/c1-8-7(6-10(11)12)9-4-2-3-5-9/h6,8H,2-5H2,1H3/b7-6-. The summed E-state index contributed by atoms with van der Waals surface area (Å²) < 4.78 is 0. The zero-order valence-corrected chi connectivity index (χ0v) is 7.12. The Morgan fingerprint density at radius 1 is 1.58 bits per heavy atom. The fourth-order valence-corrected chi connectivity index (χ4v) is 1.36. The maximum absolute atomic E-state index is 10.2. The van der Waals surface area contributed by atoms with Gasteiger partial charge in [0.1, 0.15) is 0 Å². The van der Waals surface area contributed by atoms with Gasteiger partial charge in [-0.25, -0.2) is 0 Å². The molecule has 1 saturated heterocycles. The van der Waals surface area contributed by atoms with Crippen molar-refractivity contribution in [3.05, 3.63) is 22.1 Å². The molecule has 68 valence electrons. The minimum absolute atomic E-state index is 0.426. The second-order valence-electron chi connectivity index (χ2n) is 2.74. The number of nitro groups is 1. The number of rotatable bonds is 3. The van der Waals surface area contributed by atoms with Gasteiger partial charge in [0.15, 0.2) is 5.82 Å². The lowest BCUT2D eigenvalue weighted by atomic mass is 10.4. The van der Waals surface area contributed by atoms with Gasteiger partial charge in [0.2, 0.25) is 0 Å². The molecule has 1 rings (SSSR count). The van der Waals surface area contributed by atoms with Crippen molar-refractivity contribution in [3.63, 3.8) is 0 Å². The smallest absolute Gasteiger partial charge is 0.274 e. The number of likely N-dealkylation sites (tertiary alicyclic amines) is 1. The molecule has 1 fully saturated rings.